The van der Waals surface area contributed by atoms with E-state index in [0.29, 0.717) is 15.9 Å². The number of H-pyrrole nitrogens is 1. The van der Waals surface area contributed by atoms with E-state index in [1.54, 1.807) is 19.4 Å². The van der Waals surface area contributed by atoms with Crippen LogP contribution in [0.4, 0.5) is 8.78 Å². The summed E-state index contributed by atoms with van der Waals surface area (Å²) in [6, 6.07) is 16.0. The number of halogens is 3. The molecule has 41 heavy (non-hydrogen) atoms. The van der Waals surface area contributed by atoms with Crippen molar-refractivity contribution in [2.75, 3.05) is 7.11 Å². The number of imidazole rings is 1. The number of rotatable bonds is 10. The predicted molar refractivity (Wildman–Crippen MR) is 153 cm³/mol. The zero-order chi connectivity index (χ0) is 29.1. The first-order valence-electron chi connectivity index (χ1n) is 12.6. The molecule has 0 radical (unpaired) electrons. The fourth-order valence-corrected chi connectivity index (χ4v) is 5.55. The third-order valence-electron chi connectivity index (χ3n) is 6.75. The van der Waals surface area contributed by atoms with Crippen LogP contribution in [0.3, 0.4) is 0 Å². The zero-order valence-corrected chi connectivity index (χ0v) is 24.4. The molecule has 0 fully saturated rings. The summed E-state index contributed by atoms with van der Waals surface area (Å²) < 4.78 is 43.0. The highest BCUT2D eigenvalue weighted by Crippen LogP contribution is 2.39. The fourth-order valence-electron chi connectivity index (χ4n) is 4.35. The Labute approximate surface area is 245 Å². The van der Waals surface area contributed by atoms with Gasteiger partial charge in [0.15, 0.2) is 11.8 Å². The molecule has 0 saturated heterocycles. The number of nitrogens with one attached hydrogen (secondary N) is 1. The molecule has 8 nitrogen and oxygen atoms in total. The molecular formula is C29H27ClF2N6O2S. The minimum absolute atomic E-state index is 0.0142. The second-order valence-corrected chi connectivity index (χ2v) is 11.2. The molecule has 0 unspecified atom stereocenters. The number of hydrogen-bond acceptors (Lipinski definition) is 7. The monoisotopic (exact) mass is 596 g/mol. The first kappa shape index (κ1) is 28.6. The summed E-state index contributed by atoms with van der Waals surface area (Å²) in [5.41, 5.74) is 3.24. The van der Waals surface area contributed by atoms with Crippen molar-refractivity contribution in [3.05, 3.63) is 106 Å². The van der Waals surface area contributed by atoms with Gasteiger partial charge in [-0.25, -0.2) is 13.8 Å². The molecule has 2 aromatic heterocycles. The molecule has 2 heterocycles. The molecule has 1 N–H and O–H groups in total. The van der Waals surface area contributed by atoms with E-state index in [0.717, 1.165) is 34.6 Å². The molecule has 3 aromatic carbocycles. The lowest BCUT2D eigenvalue weighted by atomic mass is 9.81. The number of hydrogen-bond donors (Lipinski definition) is 1. The van der Waals surface area contributed by atoms with Crippen molar-refractivity contribution in [2.45, 2.75) is 43.7 Å². The summed E-state index contributed by atoms with van der Waals surface area (Å²) >= 11 is 7.53. The van der Waals surface area contributed by atoms with Gasteiger partial charge in [-0.1, -0.05) is 66.2 Å². The molecule has 5 aromatic rings. The van der Waals surface area contributed by atoms with Crippen molar-refractivity contribution in [3.63, 3.8) is 0 Å². The molecule has 0 amide bonds. The number of thioether (sulfide) groups is 1. The Morgan fingerprint density at radius 1 is 1.05 bits per heavy atom. The minimum atomic E-state index is -0.720. The highest BCUT2D eigenvalue weighted by molar-refractivity contribution is 7.98. The van der Waals surface area contributed by atoms with Crippen LogP contribution in [0.1, 0.15) is 42.1 Å². The molecule has 0 aliphatic carbocycles. The Balaban J connectivity index is 1.46. The highest BCUT2D eigenvalue weighted by Gasteiger charge is 2.30. The van der Waals surface area contributed by atoms with Crippen LogP contribution in [0, 0.1) is 18.6 Å². The molecule has 0 spiro atoms. The molecule has 5 rings (SSSR count). The molecular weight excluding hydrogens is 570 g/mol. The fraction of sp³-hybridized carbons (Fsp3) is 0.241. The van der Waals surface area contributed by atoms with Crippen molar-refractivity contribution < 1.29 is 18.3 Å². The number of aryl methyl sites for hydroxylation is 1. The summed E-state index contributed by atoms with van der Waals surface area (Å²) in [6.45, 7) is 6.10. The van der Waals surface area contributed by atoms with Crippen LogP contribution in [-0.4, -0.2) is 37.3 Å². The Hall–Kier alpha value is -3.96. The van der Waals surface area contributed by atoms with Gasteiger partial charge < -0.3 is 9.47 Å². The minimum Gasteiger partial charge on any atom is -0.495 e. The lowest BCUT2D eigenvalue weighted by Crippen LogP contribution is -2.23. The summed E-state index contributed by atoms with van der Waals surface area (Å²) in [6.07, 6.45) is 1.80. The van der Waals surface area contributed by atoms with Crippen LogP contribution in [0.5, 0.6) is 11.5 Å². The van der Waals surface area contributed by atoms with E-state index in [-0.39, 0.29) is 29.5 Å². The number of nitrogens with zero attached hydrogens (tertiary/aromatic N) is 5. The van der Waals surface area contributed by atoms with Crippen LogP contribution in [0.15, 0.2) is 66.0 Å². The zero-order valence-electron chi connectivity index (χ0n) is 22.8. The Bertz CT molecular complexity index is 1640. The van der Waals surface area contributed by atoms with Crippen LogP contribution < -0.4 is 9.47 Å². The molecule has 0 atom stereocenters. The summed E-state index contributed by atoms with van der Waals surface area (Å²) in [5, 5.41) is 14.4. The highest BCUT2D eigenvalue weighted by atomic mass is 35.5. The van der Waals surface area contributed by atoms with Crippen molar-refractivity contribution in [1.29, 1.82) is 0 Å². The summed E-state index contributed by atoms with van der Waals surface area (Å²) in [4.78, 5) is 4.69. The standard InChI is InChI=1S/C29H27ClF2N6O2S/c1-17-5-8-19(9-6-17)38-26(29(2,3)18-7-10-22(30)25(11-18)39-4)14-33-28(38)41-16-21-23(31)12-20(13-24(21)32)40-15-27-34-36-37-35-27/h5-14H,15-16H2,1-4H3,(H,34,35,36,37). The summed E-state index contributed by atoms with van der Waals surface area (Å²) in [5.74, 6) is -0.554. The number of aromatic amines is 1. The van der Waals surface area contributed by atoms with Gasteiger partial charge in [0.1, 0.15) is 23.1 Å². The van der Waals surface area contributed by atoms with Crippen LogP contribution >= 0.6 is 23.4 Å². The van der Waals surface area contributed by atoms with Crippen LogP contribution in [0.25, 0.3) is 5.69 Å². The van der Waals surface area contributed by atoms with Gasteiger partial charge in [0, 0.05) is 34.6 Å². The van der Waals surface area contributed by atoms with E-state index >= 15 is 8.78 Å². The van der Waals surface area contributed by atoms with Gasteiger partial charge in [0.2, 0.25) is 5.82 Å². The average molecular weight is 597 g/mol. The first-order chi connectivity index (χ1) is 19.7. The number of methoxy groups -OCH3 is 1. The normalized spacial score (nSPS) is 11.6. The average Bonchev–Trinajstić information content (AvgIpc) is 3.63. The van der Waals surface area contributed by atoms with E-state index in [2.05, 4.69) is 34.5 Å². The quantitative estimate of drug-likeness (QED) is 0.177. The Morgan fingerprint density at radius 2 is 1.78 bits per heavy atom. The van der Waals surface area contributed by atoms with Crippen molar-refractivity contribution in [1.82, 2.24) is 30.2 Å². The van der Waals surface area contributed by atoms with E-state index in [1.165, 1.54) is 11.8 Å². The number of benzene rings is 3. The van der Waals surface area contributed by atoms with Gasteiger partial charge in [0.05, 0.1) is 24.0 Å². The van der Waals surface area contributed by atoms with Crippen molar-refractivity contribution in [2.24, 2.45) is 0 Å². The largest absolute Gasteiger partial charge is 0.495 e. The number of aromatic nitrogens is 6. The van der Waals surface area contributed by atoms with E-state index in [1.807, 2.05) is 47.9 Å². The number of tetrazole rings is 1. The van der Waals surface area contributed by atoms with Gasteiger partial charge >= 0.3 is 0 Å². The summed E-state index contributed by atoms with van der Waals surface area (Å²) in [7, 11) is 1.58. The molecule has 0 aliphatic heterocycles. The molecule has 0 bridgehead atoms. The molecule has 0 saturated carbocycles. The van der Waals surface area contributed by atoms with Gasteiger partial charge in [-0.15, -0.1) is 10.2 Å². The van der Waals surface area contributed by atoms with E-state index < -0.39 is 17.0 Å². The SMILES string of the molecule is COc1cc(C(C)(C)c2cnc(SCc3c(F)cc(OCc4nn[nH]n4)cc3F)n2-c2ccc(C)cc2)ccc1Cl. The second-order valence-electron chi connectivity index (χ2n) is 9.84. The molecule has 212 valence electrons. The van der Waals surface area contributed by atoms with Crippen molar-refractivity contribution in [3.8, 4) is 17.2 Å². The van der Waals surface area contributed by atoms with Gasteiger partial charge in [-0.2, -0.15) is 5.21 Å². The lowest BCUT2D eigenvalue weighted by molar-refractivity contribution is 0.292. The third-order valence-corrected chi connectivity index (χ3v) is 8.04. The maximum absolute atomic E-state index is 15.0. The lowest BCUT2D eigenvalue weighted by Gasteiger charge is -2.28. The van der Waals surface area contributed by atoms with Gasteiger partial charge in [-0.3, -0.25) is 4.57 Å². The topological polar surface area (TPSA) is 90.7 Å². The number of ether oxygens (including phenoxy) is 2. The van der Waals surface area contributed by atoms with Gasteiger partial charge in [0.25, 0.3) is 0 Å². The first-order valence-corrected chi connectivity index (χ1v) is 14.0. The van der Waals surface area contributed by atoms with Crippen molar-refractivity contribution >= 4 is 23.4 Å². The second kappa shape index (κ2) is 11.9. The molecule has 0 aliphatic rings. The van der Waals surface area contributed by atoms with Crippen LogP contribution in [-0.2, 0) is 17.8 Å². The maximum Gasteiger partial charge on any atom is 0.211 e. The van der Waals surface area contributed by atoms with Crippen LogP contribution in [0.2, 0.25) is 5.02 Å². The van der Waals surface area contributed by atoms with E-state index in [9.17, 15) is 0 Å². The van der Waals surface area contributed by atoms with E-state index in [4.69, 9.17) is 26.1 Å². The Morgan fingerprint density at radius 3 is 2.44 bits per heavy atom. The predicted octanol–water partition coefficient (Wildman–Crippen LogP) is 6.83. The maximum atomic E-state index is 15.0. The Kier molecular flexibility index (Phi) is 8.27. The smallest absolute Gasteiger partial charge is 0.211 e. The third kappa shape index (κ3) is 6.06. The molecule has 12 heteroatoms. The van der Waals surface area contributed by atoms with Gasteiger partial charge in [-0.05, 0) is 36.8 Å².